The third kappa shape index (κ3) is 7.44. The summed E-state index contributed by atoms with van der Waals surface area (Å²) in [4.78, 5) is 14.9. The summed E-state index contributed by atoms with van der Waals surface area (Å²) in [5, 5.41) is 3.05. The van der Waals surface area contributed by atoms with Crippen molar-refractivity contribution in [2.45, 2.75) is 45.9 Å². The zero-order chi connectivity index (χ0) is 19.1. The highest BCUT2D eigenvalue weighted by Crippen LogP contribution is 2.19. The lowest BCUT2D eigenvalue weighted by Gasteiger charge is -2.23. The van der Waals surface area contributed by atoms with Crippen LogP contribution in [0.3, 0.4) is 0 Å². The molecule has 0 bridgehead atoms. The molecule has 0 aliphatic rings. The highest BCUT2D eigenvalue weighted by molar-refractivity contribution is 5.85. The van der Waals surface area contributed by atoms with Gasteiger partial charge < -0.3 is 11.1 Å². The first kappa shape index (κ1) is 26.4. The number of halogens is 2. The van der Waals surface area contributed by atoms with E-state index >= 15 is 0 Å². The van der Waals surface area contributed by atoms with Gasteiger partial charge in [0, 0.05) is 25.2 Å². The molecule has 156 valence electrons. The molecule has 0 saturated carbocycles. The first-order chi connectivity index (χ1) is 12.4. The Morgan fingerprint density at radius 1 is 0.964 bits per heavy atom. The Bertz CT molecular complexity index is 710. The predicted molar refractivity (Wildman–Crippen MR) is 122 cm³/mol. The van der Waals surface area contributed by atoms with Gasteiger partial charge in [-0.1, -0.05) is 61.5 Å². The van der Waals surface area contributed by atoms with Gasteiger partial charge in [-0.2, -0.15) is 0 Å². The highest BCUT2D eigenvalue weighted by Gasteiger charge is 2.22. The van der Waals surface area contributed by atoms with Crippen LogP contribution in [0.4, 0.5) is 0 Å². The molecule has 0 aliphatic heterocycles. The van der Waals surface area contributed by atoms with Gasteiger partial charge in [-0.3, -0.25) is 9.69 Å². The minimum Gasteiger partial charge on any atom is -0.352 e. The van der Waals surface area contributed by atoms with Crippen LogP contribution in [0, 0.1) is 5.92 Å². The molecule has 0 radical (unpaired) electrons. The Morgan fingerprint density at radius 3 is 2.07 bits per heavy atom. The van der Waals surface area contributed by atoms with Gasteiger partial charge in [0.05, 0.1) is 5.92 Å². The summed E-state index contributed by atoms with van der Waals surface area (Å²) >= 11 is 0. The Labute approximate surface area is 181 Å². The molecule has 0 spiro atoms. The van der Waals surface area contributed by atoms with Crippen LogP contribution in [0.15, 0.2) is 54.6 Å². The van der Waals surface area contributed by atoms with Crippen molar-refractivity contribution in [3.05, 3.63) is 71.3 Å². The van der Waals surface area contributed by atoms with E-state index in [1.807, 2.05) is 49.4 Å². The van der Waals surface area contributed by atoms with Crippen LogP contribution in [0.2, 0.25) is 0 Å². The number of carbonyl (C=O) groups is 1. The van der Waals surface area contributed by atoms with Gasteiger partial charge in [-0.25, -0.2) is 0 Å². The third-order valence-corrected chi connectivity index (χ3v) is 5.01. The second-order valence-electron chi connectivity index (χ2n) is 7.22. The molecule has 0 aromatic heterocycles. The average Bonchev–Trinajstić information content (AvgIpc) is 2.66. The monoisotopic (exact) mass is 425 g/mol. The SMILES string of the molecule is CC(C(=O)NCc1ccccc1CN(C)C(C)C)C(N)c1ccccc1.Cl.Cl. The van der Waals surface area contributed by atoms with Crippen LogP contribution in [0.5, 0.6) is 0 Å². The first-order valence-corrected chi connectivity index (χ1v) is 9.25. The zero-order valence-corrected chi connectivity index (χ0v) is 18.7. The third-order valence-electron chi connectivity index (χ3n) is 5.01. The molecule has 6 heteroatoms. The summed E-state index contributed by atoms with van der Waals surface area (Å²) in [5.74, 6) is -0.309. The maximum Gasteiger partial charge on any atom is 0.225 e. The second-order valence-corrected chi connectivity index (χ2v) is 7.22. The lowest BCUT2D eigenvalue weighted by molar-refractivity contribution is -0.125. The van der Waals surface area contributed by atoms with Gasteiger partial charge in [0.15, 0.2) is 0 Å². The molecule has 2 atom stereocenters. The zero-order valence-electron chi connectivity index (χ0n) is 17.1. The summed E-state index contributed by atoms with van der Waals surface area (Å²) in [5.41, 5.74) is 9.64. The Kier molecular flexibility index (Phi) is 12.1. The van der Waals surface area contributed by atoms with Crippen LogP contribution < -0.4 is 11.1 Å². The van der Waals surface area contributed by atoms with Gasteiger partial charge in [0.1, 0.15) is 0 Å². The summed E-state index contributed by atoms with van der Waals surface area (Å²) < 4.78 is 0. The quantitative estimate of drug-likeness (QED) is 0.661. The van der Waals surface area contributed by atoms with Crippen molar-refractivity contribution in [2.75, 3.05) is 7.05 Å². The number of hydrogen-bond donors (Lipinski definition) is 2. The molecule has 0 aliphatic carbocycles. The maximum atomic E-state index is 12.6. The number of nitrogens with two attached hydrogens (primary N) is 1. The fourth-order valence-electron chi connectivity index (χ4n) is 2.81. The molecule has 0 heterocycles. The van der Waals surface area contributed by atoms with E-state index in [0.717, 1.165) is 17.7 Å². The molecule has 2 rings (SSSR count). The topological polar surface area (TPSA) is 58.4 Å². The molecule has 3 N–H and O–H groups in total. The highest BCUT2D eigenvalue weighted by atomic mass is 35.5. The van der Waals surface area contributed by atoms with Gasteiger partial charge in [0.25, 0.3) is 0 Å². The summed E-state index contributed by atoms with van der Waals surface area (Å²) in [6.07, 6.45) is 0. The van der Waals surface area contributed by atoms with Crippen molar-refractivity contribution < 1.29 is 4.79 Å². The molecule has 0 fully saturated rings. The standard InChI is InChI=1S/C22H31N3O.2ClH/c1-16(2)25(4)15-20-13-9-8-12-19(20)14-24-22(26)17(3)21(23)18-10-6-5-7-11-18;;/h5-13,16-17,21H,14-15,23H2,1-4H3,(H,24,26);2*1H. The number of hydrogen-bond acceptors (Lipinski definition) is 3. The molecular formula is C22H33Cl2N3O. The van der Waals surface area contributed by atoms with E-state index in [2.05, 4.69) is 43.2 Å². The van der Waals surface area contributed by atoms with Crippen LogP contribution in [-0.4, -0.2) is 23.9 Å². The second kappa shape index (κ2) is 12.8. The van der Waals surface area contributed by atoms with E-state index in [1.54, 1.807) is 0 Å². The van der Waals surface area contributed by atoms with E-state index in [9.17, 15) is 4.79 Å². The fraction of sp³-hybridized carbons (Fsp3) is 0.409. The molecule has 2 aromatic rings. The summed E-state index contributed by atoms with van der Waals surface area (Å²) in [6, 6.07) is 18.2. The average molecular weight is 426 g/mol. The minimum absolute atomic E-state index is 0. The molecule has 2 aromatic carbocycles. The van der Waals surface area contributed by atoms with Gasteiger partial charge >= 0.3 is 0 Å². The van der Waals surface area contributed by atoms with E-state index in [1.165, 1.54) is 5.56 Å². The van der Waals surface area contributed by atoms with Crippen LogP contribution >= 0.6 is 24.8 Å². The van der Waals surface area contributed by atoms with Crippen LogP contribution in [0.25, 0.3) is 0 Å². The van der Waals surface area contributed by atoms with E-state index in [0.29, 0.717) is 12.6 Å². The van der Waals surface area contributed by atoms with Crippen LogP contribution in [0.1, 0.15) is 43.5 Å². The van der Waals surface area contributed by atoms with E-state index in [-0.39, 0.29) is 42.7 Å². The van der Waals surface area contributed by atoms with Gasteiger partial charge in [-0.15, -0.1) is 24.8 Å². The molecule has 1 amide bonds. The molecular weight excluding hydrogens is 393 g/mol. The summed E-state index contributed by atoms with van der Waals surface area (Å²) in [7, 11) is 2.11. The van der Waals surface area contributed by atoms with Crippen molar-refractivity contribution in [3.63, 3.8) is 0 Å². The molecule has 2 unspecified atom stereocenters. The van der Waals surface area contributed by atoms with Crippen molar-refractivity contribution >= 4 is 30.7 Å². The van der Waals surface area contributed by atoms with Crippen molar-refractivity contribution in [1.82, 2.24) is 10.2 Å². The Balaban J connectivity index is 0.00000364. The number of carbonyl (C=O) groups excluding carboxylic acids is 1. The number of benzene rings is 2. The first-order valence-electron chi connectivity index (χ1n) is 9.25. The van der Waals surface area contributed by atoms with Crippen molar-refractivity contribution in [3.8, 4) is 0 Å². The maximum absolute atomic E-state index is 12.6. The molecule has 0 saturated heterocycles. The lowest BCUT2D eigenvalue weighted by atomic mass is 9.94. The number of amides is 1. The number of nitrogens with zero attached hydrogens (tertiary/aromatic N) is 1. The minimum atomic E-state index is -0.307. The number of rotatable bonds is 8. The lowest BCUT2D eigenvalue weighted by Crippen LogP contribution is -2.35. The van der Waals surface area contributed by atoms with Crippen molar-refractivity contribution in [2.24, 2.45) is 11.7 Å². The van der Waals surface area contributed by atoms with E-state index in [4.69, 9.17) is 5.73 Å². The van der Waals surface area contributed by atoms with Crippen molar-refractivity contribution in [1.29, 1.82) is 0 Å². The normalized spacial score (nSPS) is 12.7. The fourth-order valence-corrected chi connectivity index (χ4v) is 2.81. The summed E-state index contributed by atoms with van der Waals surface area (Å²) in [6.45, 7) is 7.62. The van der Waals surface area contributed by atoms with Gasteiger partial charge in [-0.05, 0) is 37.6 Å². The predicted octanol–water partition coefficient (Wildman–Crippen LogP) is 4.32. The largest absolute Gasteiger partial charge is 0.352 e. The molecule has 28 heavy (non-hydrogen) atoms. The molecule has 4 nitrogen and oxygen atoms in total. The van der Waals surface area contributed by atoms with E-state index < -0.39 is 0 Å². The van der Waals surface area contributed by atoms with Crippen LogP contribution in [-0.2, 0) is 17.9 Å². The smallest absolute Gasteiger partial charge is 0.225 e. The Hall–Kier alpha value is -1.59. The number of nitrogens with one attached hydrogen (secondary N) is 1. The van der Waals surface area contributed by atoms with Gasteiger partial charge in [0.2, 0.25) is 5.91 Å². The Morgan fingerprint density at radius 2 is 1.50 bits per heavy atom.